The van der Waals surface area contributed by atoms with Crippen LogP contribution in [0.3, 0.4) is 0 Å². The van der Waals surface area contributed by atoms with Crippen LogP contribution in [0, 0.1) is 0 Å². The van der Waals surface area contributed by atoms with Crippen LogP contribution in [0.2, 0.25) is 0 Å². The Morgan fingerprint density at radius 1 is 1.42 bits per heavy atom. The van der Waals surface area contributed by atoms with Gasteiger partial charge >= 0.3 is 5.97 Å². The molecular weight excluding hydrogens is 152 g/mol. The Bertz CT molecular complexity index is 169. The van der Waals surface area contributed by atoms with Crippen molar-refractivity contribution >= 4 is 5.97 Å². The molecule has 0 saturated carbocycles. The smallest absolute Gasteiger partial charge is 0.307 e. The molecule has 12 heavy (non-hydrogen) atoms. The number of carbonyl (C=O) groups is 1. The molecule has 0 aliphatic heterocycles. The molecule has 0 bridgehead atoms. The number of carbonyl (C=O) groups excluding carboxylic acids is 1. The van der Waals surface area contributed by atoms with Gasteiger partial charge in [-0.2, -0.15) is 0 Å². The molecule has 0 aromatic rings. The monoisotopic (exact) mass is 168 g/mol. The van der Waals surface area contributed by atoms with Crippen molar-refractivity contribution < 1.29 is 9.53 Å². The van der Waals surface area contributed by atoms with Gasteiger partial charge < -0.3 is 4.74 Å². The Kier molecular flexibility index (Phi) is 7.35. The van der Waals surface area contributed by atoms with Crippen molar-refractivity contribution in [3.63, 3.8) is 0 Å². The summed E-state index contributed by atoms with van der Waals surface area (Å²) in [6.45, 7) is 3.54. The largest absolute Gasteiger partial charge is 0.435 e. The van der Waals surface area contributed by atoms with E-state index in [0.29, 0.717) is 0 Å². The van der Waals surface area contributed by atoms with Crippen molar-refractivity contribution in [2.75, 3.05) is 0 Å². The van der Waals surface area contributed by atoms with Gasteiger partial charge in [0.1, 0.15) is 0 Å². The van der Waals surface area contributed by atoms with E-state index >= 15 is 0 Å². The van der Waals surface area contributed by atoms with Gasteiger partial charge in [-0.05, 0) is 12.5 Å². The highest BCUT2D eigenvalue weighted by atomic mass is 16.5. The summed E-state index contributed by atoms with van der Waals surface area (Å²) in [6.07, 6.45) is 10.6. The van der Waals surface area contributed by atoms with Gasteiger partial charge in [-0.25, -0.2) is 0 Å². The second-order valence-corrected chi connectivity index (χ2v) is 2.51. The number of esters is 1. The zero-order valence-corrected chi connectivity index (χ0v) is 7.75. The lowest BCUT2D eigenvalue weighted by molar-refractivity contribution is -0.135. The molecule has 2 heteroatoms. The summed E-state index contributed by atoms with van der Waals surface area (Å²) >= 11 is 0. The molecule has 0 atom stereocenters. The average molecular weight is 168 g/mol. The van der Waals surface area contributed by atoms with Crippen LogP contribution < -0.4 is 0 Å². The molecule has 0 amide bonds. The van der Waals surface area contributed by atoms with Crippen molar-refractivity contribution in [2.45, 2.75) is 33.1 Å². The minimum absolute atomic E-state index is 0.284. The summed E-state index contributed by atoms with van der Waals surface area (Å²) in [5.74, 6) is -0.284. The fourth-order valence-corrected chi connectivity index (χ4v) is 0.677. The molecule has 0 aromatic carbocycles. The SMILES string of the molecule is CCCC/C=C\C=C/OC(C)=O. The number of hydrogen-bond acceptors (Lipinski definition) is 2. The van der Waals surface area contributed by atoms with Crippen LogP contribution in [0.15, 0.2) is 24.5 Å². The molecule has 0 unspecified atom stereocenters. The van der Waals surface area contributed by atoms with Crippen LogP contribution in [-0.4, -0.2) is 5.97 Å². The maximum atomic E-state index is 10.3. The standard InChI is InChI=1S/C10H16O2/c1-3-4-5-6-7-8-9-12-10(2)11/h6-9H,3-5H2,1-2H3/b7-6-,9-8-. The van der Waals surface area contributed by atoms with E-state index in [-0.39, 0.29) is 5.97 Å². The van der Waals surface area contributed by atoms with Gasteiger partial charge in [-0.3, -0.25) is 4.79 Å². The van der Waals surface area contributed by atoms with Gasteiger partial charge in [0.25, 0.3) is 0 Å². The molecule has 68 valence electrons. The number of rotatable bonds is 5. The third kappa shape index (κ3) is 8.95. The Hall–Kier alpha value is -1.05. The van der Waals surface area contributed by atoms with Crippen molar-refractivity contribution in [1.29, 1.82) is 0 Å². The fraction of sp³-hybridized carbons (Fsp3) is 0.500. The van der Waals surface area contributed by atoms with Gasteiger partial charge in [0, 0.05) is 6.92 Å². The molecule has 0 saturated heterocycles. The van der Waals surface area contributed by atoms with E-state index in [0.717, 1.165) is 6.42 Å². The van der Waals surface area contributed by atoms with Gasteiger partial charge in [0.15, 0.2) is 0 Å². The summed E-state index contributed by atoms with van der Waals surface area (Å²) in [4.78, 5) is 10.3. The molecule has 0 aliphatic carbocycles. The molecule has 0 radical (unpaired) electrons. The van der Waals surface area contributed by atoms with E-state index in [1.807, 2.05) is 6.08 Å². The summed E-state index contributed by atoms with van der Waals surface area (Å²) in [5, 5.41) is 0. The first-order valence-corrected chi connectivity index (χ1v) is 4.26. The third-order valence-electron chi connectivity index (χ3n) is 1.28. The molecule has 0 aliphatic rings. The van der Waals surface area contributed by atoms with E-state index in [1.165, 1.54) is 26.0 Å². The summed E-state index contributed by atoms with van der Waals surface area (Å²) in [7, 11) is 0. The summed E-state index contributed by atoms with van der Waals surface area (Å²) in [6, 6.07) is 0. The first-order chi connectivity index (χ1) is 5.77. The van der Waals surface area contributed by atoms with Crippen molar-refractivity contribution in [1.82, 2.24) is 0 Å². The molecule has 0 rings (SSSR count). The van der Waals surface area contributed by atoms with Crippen LogP contribution in [0.1, 0.15) is 33.1 Å². The van der Waals surface area contributed by atoms with Crippen LogP contribution >= 0.6 is 0 Å². The molecule has 0 N–H and O–H groups in total. The molecule has 0 fully saturated rings. The zero-order valence-electron chi connectivity index (χ0n) is 7.75. The van der Waals surface area contributed by atoms with Gasteiger partial charge in [-0.1, -0.05) is 31.9 Å². The highest BCUT2D eigenvalue weighted by Gasteiger charge is 1.82. The predicted octanol–water partition coefficient (Wildman–Crippen LogP) is 2.81. The molecule has 0 spiro atoms. The van der Waals surface area contributed by atoms with Crippen molar-refractivity contribution in [3.05, 3.63) is 24.5 Å². The lowest BCUT2D eigenvalue weighted by Crippen LogP contribution is -1.88. The highest BCUT2D eigenvalue weighted by Crippen LogP contribution is 1.94. The highest BCUT2D eigenvalue weighted by molar-refractivity contribution is 5.66. The Morgan fingerprint density at radius 3 is 2.75 bits per heavy atom. The summed E-state index contributed by atoms with van der Waals surface area (Å²) < 4.78 is 4.58. The minimum atomic E-state index is -0.284. The Balaban J connectivity index is 3.33. The number of ether oxygens (including phenoxy) is 1. The number of hydrogen-bond donors (Lipinski definition) is 0. The number of allylic oxidation sites excluding steroid dienone is 3. The minimum Gasteiger partial charge on any atom is -0.435 e. The van der Waals surface area contributed by atoms with Crippen LogP contribution in [0.4, 0.5) is 0 Å². The lowest BCUT2D eigenvalue weighted by atomic mass is 10.2. The summed E-state index contributed by atoms with van der Waals surface area (Å²) in [5.41, 5.74) is 0. The zero-order chi connectivity index (χ0) is 9.23. The fourth-order valence-electron chi connectivity index (χ4n) is 0.677. The first-order valence-electron chi connectivity index (χ1n) is 4.26. The van der Waals surface area contributed by atoms with Crippen LogP contribution in [0.5, 0.6) is 0 Å². The van der Waals surface area contributed by atoms with E-state index < -0.39 is 0 Å². The van der Waals surface area contributed by atoms with Crippen molar-refractivity contribution in [3.8, 4) is 0 Å². The number of unbranched alkanes of at least 4 members (excludes halogenated alkanes) is 2. The van der Waals surface area contributed by atoms with Gasteiger partial charge in [0.2, 0.25) is 0 Å². The maximum absolute atomic E-state index is 10.3. The molecule has 0 aromatic heterocycles. The molecule has 2 nitrogen and oxygen atoms in total. The van der Waals surface area contributed by atoms with Gasteiger partial charge in [0.05, 0.1) is 6.26 Å². The Labute approximate surface area is 73.9 Å². The van der Waals surface area contributed by atoms with Crippen LogP contribution in [0.25, 0.3) is 0 Å². The normalized spacial score (nSPS) is 11.2. The lowest BCUT2D eigenvalue weighted by Gasteiger charge is -1.88. The van der Waals surface area contributed by atoms with E-state index in [9.17, 15) is 4.79 Å². The van der Waals surface area contributed by atoms with E-state index in [2.05, 4.69) is 17.7 Å². The maximum Gasteiger partial charge on any atom is 0.307 e. The third-order valence-corrected chi connectivity index (χ3v) is 1.28. The van der Waals surface area contributed by atoms with E-state index in [4.69, 9.17) is 0 Å². The quantitative estimate of drug-likeness (QED) is 0.273. The van der Waals surface area contributed by atoms with Gasteiger partial charge in [-0.15, -0.1) is 0 Å². The second-order valence-electron chi connectivity index (χ2n) is 2.51. The van der Waals surface area contributed by atoms with E-state index in [1.54, 1.807) is 6.08 Å². The Morgan fingerprint density at radius 2 is 2.17 bits per heavy atom. The average Bonchev–Trinajstić information content (AvgIpc) is 2.02. The topological polar surface area (TPSA) is 26.3 Å². The van der Waals surface area contributed by atoms with Crippen molar-refractivity contribution in [2.24, 2.45) is 0 Å². The predicted molar refractivity (Wildman–Crippen MR) is 49.6 cm³/mol. The van der Waals surface area contributed by atoms with Crippen LogP contribution in [-0.2, 0) is 9.53 Å². The molecular formula is C10H16O2. The first kappa shape index (κ1) is 11.0. The second kappa shape index (κ2) is 8.05. The molecule has 0 heterocycles.